The summed E-state index contributed by atoms with van der Waals surface area (Å²) in [6.45, 7) is 10.4. The average molecular weight is 527 g/mol. The van der Waals surface area contributed by atoms with Gasteiger partial charge in [0, 0.05) is 36.2 Å². The summed E-state index contributed by atoms with van der Waals surface area (Å²) in [5.41, 5.74) is 2.60. The molecular weight excluding hydrogens is 496 g/mol. The van der Waals surface area contributed by atoms with Gasteiger partial charge in [-0.3, -0.25) is 14.5 Å². The van der Waals surface area contributed by atoms with Crippen LogP contribution in [0.3, 0.4) is 0 Å². The van der Waals surface area contributed by atoms with Crippen molar-refractivity contribution in [2.24, 2.45) is 0 Å². The number of ether oxygens (including phenoxy) is 1. The minimum atomic E-state index is -0.646. The minimum Gasteiger partial charge on any atom is -0.507 e. The van der Waals surface area contributed by atoms with Crippen molar-refractivity contribution in [2.75, 3.05) is 39.4 Å². The van der Waals surface area contributed by atoms with Gasteiger partial charge in [0.25, 0.3) is 11.7 Å². The van der Waals surface area contributed by atoms with E-state index in [1.165, 1.54) is 0 Å². The van der Waals surface area contributed by atoms with Crippen LogP contribution in [0, 0.1) is 0 Å². The minimum absolute atomic E-state index is 0.0197. The van der Waals surface area contributed by atoms with Gasteiger partial charge in [0.05, 0.1) is 24.8 Å². The lowest BCUT2D eigenvalue weighted by Crippen LogP contribution is -2.42. The number of hydrogen-bond acceptors (Lipinski definition) is 5. The Labute approximate surface area is 209 Å². The van der Waals surface area contributed by atoms with Gasteiger partial charge in [0.15, 0.2) is 0 Å². The van der Waals surface area contributed by atoms with Gasteiger partial charge in [-0.2, -0.15) is 0 Å². The van der Waals surface area contributed by atoms with Crippen LogP contribution >= 0.6 is 15.9 Å². The van der Waals surface area contributed by atoms with Crippen LogP contribution < -0.4 is 0 Å². The Morgan fingerprint density at radius 1 is 1.00 bits per heavy atom. The number of benzene rings is 2. The number of hydrogen-bond donors (Lipinski definition) is 1. The van der Waals surface area contributed by atoms with Gasteiger partial charge in [0.2, 0.25) is 0 Å². The fraction of sp³-hybridized carbons (Fsp3) is 0.407. The van der Waals surface area contributed by atoms with E-state index in [4.69, 9.17) is 4.74 Å². The SMILES string of the molecule is CC(C)(C)c1ccc([C@H]2C(=C(O)c3ccc(Br)cc3)C(=O)C(=O)N2CCN2CCOCC2)cc1. The van der Waals surface area contributed by atoms with E-state index in [1.807, 2.05) is 24.3 Å². The second-order valence-electron chi connectivity index (χ2n) is 9.83. The summed E-state index contributed by atoms with van der Waals surface area (Å²) in [5.74, 6) is -1.37. The maximum atomic E-state index is 13.2. The van der Waals surface area contributed by atoms with Gasteiger partial charge in [0.1, 0.15) is 5.76 Å². The van der Waals surface area contributed by atoms with E-state index in [0.29, 0.717) is 31.9 Å². The first-order valence-corrected chi connectivity index (χ1v) is 12.4. The summed E-state index contributed by atoms with van der Waals surface area (Å²) in [6.07, 6.45) is 0. The zero-order chi connectivity index (χ0) is 24.5. The summed E-state index contributed by atoms with van der Waals surface area (Å²) in [6, 6.07) is 14.4. The Balaban J connectivity index is 1.74. The van der Waals surface area contributed by atoms with Crippen LogP contribution in [0.25, 0.3) is 5.76 Å². The van der Waals surface area contributed by atoms with Crippen molar-refractivity contribution >= 4 is 33.4 Å². The Kier molecular flexibility index (Phi) is 7.26. The van der Waals surface area contributed by atoms with E-state index in [-0.39, 0.29) is 16.7 Å². The van der Waals surface area contributed by atoms with Gasteiger partial charge in [-0.1, -0.05) is 73.1 Å². The number of aliphatic hydroxyl groups excluding tert-OH is 1. The molecule has 7 heteroatoms. The molecule has 0 aromatic heterocycles. The third kappa shape index (κ3) is 5.11. The van der Waals surface area contributed by atoms with Crippen molar-refractivity contribution in [3.63, 3.8) is 0 Å². The summed E-state index contributed by atoms with van der Waals surface area (Å²) < 4.78 is 6.29. The van der Waals surface area contributed by atoms with Gasteiger partial charge < -0.3 is 14.7 Å². The van der Waals surface area contributed by atoms with E-state index in [2.05, 4.69) is 41.6 Å². The molecule has 1 atom stereocenters. The molecule has 0 aliphatic carbocycles. The third-order valence-electron chi connectivity index (χ3n) is 6.51. The number of halogens is 1. The molecule has 2 aromatic rings. The second kappa shape index (κ2) is 10.0. The van der Waals surface area contributed by atoms with Crippen molar-refractivity contribution in [2.45, 2.75) is 32.2 Å². The molecule has 2 heterocycles. The fourth-order valence-electron chi connectivity index (χ4n) is 4.46. The van der Waals surface area contributed by atoms with Crippen molar-refractivity contribution < 1.29 is 19.4 Å². The summed E-state index contributed by atoms with van der Waals surface area (Å²) in [7, 11) is 0. The number of rotatable bonds is 5. The molecule has 34 heavy (non-hydrogen) atoms. The monoisotopic (exact) mass is 526 g/mol. The van der Waals surface area contributed by atoms with Crippen LogP contribution in [-0.4, -0.2) is 66.0 Å². The number of morpholine rings is 1. The zero-order valence-electron chi connectivity index (χ0n) is 19.9. The highest BCUT2D eigenvalue weighted by atomic mass is 79.9. The molecule has 2 aromatic carbocycles. The molecule has 2 fully saturated rings. The number of Topliss-reactive ketones (excluding diaryl/α,β-unsaturated/α-hetero) is 1. The van der Waals surface area contributed by atoms with Crippen LogP contribution in [0.4, 0.5) is 0 Å². The number of amides is 1. The molecule has 2 aliphatic heterocycles. The quantitative estimate of drug-likeness (QED) is 0.352. The van der Waals surface area contributed by atoms with Crippen LogP contribution in [0.1, 0.15) is 43.5 Å². The van der Waals surface area contributed by atoms with Crippen molar-refractivity contribution in [1.82, 2.24) is 9.80 Å². The average Bonchev–Trinajstić information content (AvgIpc) is 3.08. The van der Waals surface area contributed by atoms with Crippen LogP contribution in [0.2, 0.25) is 0 Å². The molecule has 2 aliphatic rings. The Bertz CT molecular complexity index is 1080. The summed E-state index contributed by atoms with van der Waals surface area (Å²) in [5, 5.41) is 11.2. The molecule has 6 nitrogen and oxygen atoms in total. The first-order chi connectivity index (χ1) is 16.2. The highest BCUT2D eigenvalue weighted by molar-refractivity contribution is 9.10. The number of carbonyl (C=O) groups is 2. The number of likely N-dealkylation sites (tertiary alicyclic amines) is 1. The Hall–Kier alpha value is -2.48. The van der Waals surface area contributed by atoms with Gasteiger partial charge >= 0.3 is 0 Å². The smallest absolute Gasteiger partial charge is 0.295 e. The lowest BCUT2D eigenvalue weighted by atomic mass is 9.85. The topological polar surface area (TPSA) is 70.1 Å². The van der Waals surface area contributed by atoms with Crippen molar-refractivity contribution in [3.05, 3.63) is 75.3 Å². The molecule has 0 spiro atoms. The third-order valence-corrected chi connectivity index (χ3v) is 7.04. The molecular formula is C27H31BrN2O4. The van der Waals surface area contributed by atoms with Crippen molar-refractivity contribution in [3.8, 4) is 0 Å². The van der Waals surface area contributed by atoms with Gasteiger partial charge in [-0.15, -0.1) is 0 Å². The van der Waals surface area contributed by atoms with E-state index in [9.17, 15) is 14.7 Å². The lowest BCUT2D eigenvalue weighted by Gasteiger charge is -2.31. The molecule has 1 N–H and O–H groups in total. The summed E-state index contributed by atoms with van der Waals surface area (Å²) in [4.78, 5) is 30.2. The zero-order valence-corrected chi connectivity index (χ0v) is 21.5. The van der Waals surface area contributed by atoms with Gasteiger partial charge in [-0.05, 0) is 28.7 Å². The van der Waals surface area contributed by atoms with Crippen LogP contribution in [-0.2, 0) is 19.7 Å². The lowest BCUT2D eigenvalue weighted by molar-refractivity contribution is -0.140. The van der Waals surface area contributed by atoms with Gasteiger partial charge in [-0.25, -0.2) is 0 Å². The molecule has 0 bridgehead atoms. The number of nitrogens with zero attached hydrogens (tertiary/aromatic N) is 2. The highest BCUT2D eigenvalue weighted by Crippen LogP contribution is 2.40. The van der Waals surface area contributed by atoms with E-state index < -0.39 is 17.7 Å². The van der Waals surface area contributed by atoms with E-state index >= 15 is 0 Å². The maximum absolute atomic E-state index is 13.2. The molecule has 1 amide bonds. The molecule has 180 valence electrons. The summed E-state index contributed by atoms with van der Waals surface area (Å²) >= 11 is 3.40. The highest BCUT2D eigenvalue weighted by Gasteiger charge is 2.46. The predicted molar refractivity (Wildman–Crippen MR) is 136 cm³/mol. The Morgan fingerprint density at radius 3 is 2.21 bits per heavy atom. The Morgan fingerprint density at radius 2 is 1.62 bits per heavy atom. The van der Waals surface area contributed by atoms with Crippen LogP contribution in [0.5, 0.6) is 0 Å². The fourth-order valence-corrected chi connectivity index (χ4v) is 4.72. The first-order valence-electron chi connectivity index (χ1n) is 11.6. The largest absolute Gasteiger partial charge is 0.507 e. The van der Waals surface area contributed by atoms with E-state index in [1.54, 1.807) is 29.2 Å². The molecule has 0 saturated carbocycles. The van der Waals surface area contributed by atoms with Crippen molar-refractivity contribution in [1.29, 1.82) is 0 Å². The molecule has 0 radical (unpaired) electrons. The standard InChI is InChI=1S/C27H31BrN2O4/c1-27(2,3)20-8-4-18(5-9-20)23-22(24(31)19-6-10-21(28)11-7-19)25(32)26(33)30(23)13-12-29-14-16-34-17-15-29/h4-11,23,31H,12-17H2,1-3H3/t23-/m0/s1. The maximum Gasteiger partial charge on any atom is 0.295 e. The normalized spacial score (nSPS) is 21.3. The number of carbonyl (C=O) groups excluding carboxylic acids is 2. The second-order valence-corrected chi connectivity index (χ2v) is 10.7. The molecule has 4 rings (SSSR count). The first kappa shape index (κ1) is 24.6. The van der Waals surface area contributed by atoms with Crippen LogP contribution in [0.15, 0.2) is 58.6 Å². The van der Waals surface area contributed by atoms with E-state index in [0.717, 1.165) is 28.7 Å². The number of aliphatic hydroxyl groups is 1. The molecule has 0 unspecified atom stereocenters. The molecule has 2 saturated heterocycles. The predicted octanol–water partition coefficient (Wildman–Crippen LogP) is 4.50. The number of ketones is 1.